The lowest BCUT2D eigenvalue weighted by Gasteiger charge is -2.03. The Kier molecular flexibility index (Phi) is 4.84. The maximum atomic E-state index is 12.4. The minimum Gasteiger partial charge on any atom is -0.378 e. The van der Waals surface area contributed by atoms with E-state index in [9.17, 15) is 4.79 Å². The molecule has 3 aromatic rings. The molecule has 0 aromatic carbocycles. The number of thiophene rings is 1. The molecular formula is C14H16N8O2S. The highest BCUT2D eigenvalue weighted by atomic mass is 32.1. The number of aromatic nitrogens is 5. The van der Waals surface area contributed by atoms with E-state index in [-0.39, 0.29) is 17.3 Å². The molecule has 0 aliphatic rings. The Bertz CT molecular complexity index is 910. The van der Waals surface area contributed by atoms with Crippen LogP contribution in [0.4, 0.5) is 5.82 Å². The molecular weight excluding hydrogens is 344 g/mol. The van der Waals surface area contributed by atoms with Crippen LogP contribution in [0.5, 0.6) is 0 Å². The van der Waals surface area contributed by atoms with Crippen molar-refractivity contribution < 1.29 is 9.42 Å². The van der Waals surface area contributed by atoms with E-state index in [2.05, 4.69) is 35.8 Å². The summed E-state index contributed by atoms with van der Waals surface area (Å²) in [5, 5.41) is 19.0. The Hall–Kier alpha value is -3.08. The number of hydrogen-bond donors (Lipinski definition) is 2. The molecule has 3 aromatic heterocycles. The van der Waals surface area contributed by atoms with Crippen LogP contribution in [0.1, 0.15) is 39.3 Å². The van der Waals surface area contributed by atoms with E-state index < -0.39 is 5.91 Å². The van der Waals surface area contributed by atoms with Gasteiger partial charge in [0.1, 0.15) is 0 Å². The van der Waals surface area contributed by atoms with Crippen LogP contribution < -0.4 is 11.2 Å². The van der Waals surface area contributed by atoms with Crippen molar-refractivity contribution in [1.29, 1.82) is 0 Å². The van der Waals surface area contributed by atoms with Crippen molar-refractivity contribution >= 4 is 29.3 Å². The van der Waals surface area contributed by atoms with Gasteiger partial charge in [-0.2, -0.15) is 9.78 Å². The third-order valence-corrected chi connectivity index (χ3v) is 4.22. The molecule has 0 aliphatic heterocycles. The fourth-order valence-electron chi connectivity index (χ4n) is 2.18. The van der Waals surface area contributed by atoms with Crippen LogP contribution in [0.25, 0.3) is 5.82 Å². The maximum Gasteiger partial charge on any atom is 0.293 e. The summed E-state index contributed by atoms with van der Waals surface area (Å²) in [5.41, 5.74) is 8.87. The lowest BCUT2D eigenvalue weighted by Crippen LogP contribution is -2.20. The molecule has 3 N–H and O–H groups in total. The number of nitrogens with two attached hydrogens (primary N) is 1. The van der Waals surface area contributed by atoms with Crippen LogP contribution in [-0.4, -0.2) is 37.4 Å². The summed E-state index contributed by atoms with van der Waals surface area (Å²) in [7, 11) is 0. The second-order valence-electron chi connectivity index (χ2n) is 5.17. The Balaban J connectivity index is 1.81. The monoisotopic (exact) mass is 360 g/mol. The van der Waals surface area contributed by atoms with E-state index in [0.29, 0.717) is 12.1 Å². The molecule has 11 heteroatoms. The molecule has 0 bridgehead atoms. The van der Waals surface area contributed by atoms with Gasteiger partial charge in [-0.3, -0.25) is 4.79 Å². The number of nitrogens with one attached hydrogen (secondary N) is 1. The Morgan fingerprint density at radius 2 is 2.32 bits per heavy atom. The highest BCUT2D eigenvalue weighted by Gasteiger charge is 2.23. The number of aryl methyl sites for hydroxylation is 1. The highest BCUT2D eigenvalue weighted by molar-refractivity contribution is 7.13. The van der Waals surface area contributed by atoms with Gasteiger partial charge in [0.05, 0.1) is 11.9 Å². The van der Waals surface area contributed by atoms with E-state index >= 15 is 0 Å². The average Bonchev–Trinajstić information content (AvgIpc) is 3.28. The van der Waals surface area contributed by atoms with Crippen LogP contribution in [-0.2, 0) is 6.42 Å². The molecule has 0 spiro atoms. The molecule has 25 heavy (non-hydrogen) atoms. The molecule has 0 unspecified atom stereocenters. The predicted octanol–water partition coefficient (Wildman–Crippen LogP) is 1.32. The molecule has 0 radical (unpaired) electrons. The molecule has 0 atom stereocenters. The highest BCUT2D eigenvalue weighted by Crippen LogP contribution is 2.17. The van der Waals surface area contributed by atoms with Gasteiger partial charge in [0.2, 0.25) is 11.6 Å². The Morgan fingerprint density at radius 3 is 2.96 bits per heavy atom. The topological polar surface area (TPSA) is 137 Å². The number of carbonyl (C=O) groups excluding carboxylic acids is 1. The SMILES string of the molecule is CCCc1c(C(=O)N/N=C/c2ccc(C)s2)nnn1-c1nonc1N. The molecule has 0 saturated carbocycles. The van der Waals surface area contributed by atoms with Crippen molar-refractivity contribution in [3.05, 3.63) is 33.3 Å². The number of anilines is 1. The van der Waals surface area contributed by atoms with Crippen molar-refractivity contribution in [2.45, 2.75) is 26.7 Å². The molecule has 0 fully saturated rings. The molecule has 130 valence electrons. The zero-order valence-corrected chi connectivity index (χ0v) is 14.4. The van der Waals surface area contributed by atoms with Crippen LogP contribution in [0, 0.1) is 6.92 Å². The summed E-state index contributed by atoms with van der Waals surface area (Å²) >= 11 is 1.58. The molecule has 3 heterocycles. The number of nitrogens with zero attached hydrogens (tertiary/aromatic N) is 6. The van der Waals surface area contributed by atoms with Gasteiger partial charge >= 0.3 is 0 Å². The normalized spacial score (nSPS) is 11.3. The summed E-state index contributed by atoms with van der Waals surface area (Å²) in [6.07, 6.45) is 2.91. The summed E-state index contributed by atoms with van der Waals surface area (Å²) in [4.78, 5) is 14.5. The van der Waals surface area contributed by atoms with Gasteiger partial charge in [0.15, 0.2) is 5.69 Å². The number of amides is 1. The van der Waals surface area contributed by atoms with Crippen molar-refractivity contribution in [1.82, 2.24) is 30.7 Å². The first-order valence-electron chi connectivity index (χ1n) is 7.53. The second kappa shape index (κ2) is 7.21. The Labute approximate surface area is 146 Å². The first-order valence-corrected chi connectivity index (χ1v) is 8.34. The summed E-state index contributed by atoms with van der Waals surface area (Å²) in [6, 6.07) is 3.91. The lowest BCUT2D eigenvalue weighted by atomic mass is 10.2. The third kappa shape index (κ3) is 3.55. The van der Waals surface area contributed by atoms with E-state index in [4.69, 9.17) is 5.73 Å². The van der Waals surface area contributed by atoms with Gasteiger partial charge < -0.3 is 5.73 Å². The third-order valence-electron chi connectivity index (χ3n) is 3.28. The first kappa shape index (κ1) is 16.8. The van der Waals surface area contributed by atoms with E-state index in [1.165, 1.54) is 9.56 Å². The molecule has 0 aliphatic carbocycles. The lowest BCUT2D eigenvalue weighted by molar-refractivity contribution is 0.0949. The Morgan fingerprint density at radius 1 is 1.48 bits per heavy atom. The zero-order chi connectivity index (χ0) is 17.8. The number of rotatable bonds is 6. The largest absolute Gasteiger partial charge is 0.378 e. The fourth-order valence-corrected chi connectivity index (χ4v) is 2.93. The summed E-state index contributed by atoms with van der Waals surface area (Å²) in [5.74, 6) is -0.192. The number of hydrogen-bond acceptors (Lipinski definition) is 9. The van der Waals surface area contributed by atoms with Gasteiger partial charge in [0.25, 0.3) is 5.91 Å². The fraction of sp³-hybridized carbons (Fsp3) is 0.286. The van der Waals surface area contributed by atoms with E-state index in [1.807, 2.05) is 26.0 Å². The minimum atomic E-state index is -0.464. The second-order valence-corrected chi connectivity index (χ2v) is 6.49. The quantitative estimate of drug-likeness (QED) is 0.499. The molecule has 3 rings (SSSR count). The van der Waals surface area contributed by atoms with Gasteiger partial charge in [-0.1, -0.05) is 18.6 Å². The molecule has 0 saturated heterocycles. The van der Waals surface area contributed by atoms with Crippen molar-refractivity contribution in [3.63, 3.8) is 0 Å². The maximum absolute atomic E-state index is 12.4. The van der Waals surface area contributed by atoms with Crippen molar-refractivity contribution in [2.75, 3.05) is 5.73 Å². The predicted molar refractivity (Wildman–Crippen MR) is 91.7 cm³/mol. The minimum absolute atomic E-state index is 0.0697. The van der Waals surface area contributed by atoms with Crippen molar-refractivity contribution in [3.8, 4) is 5.82 Å². The number of nitrogen functional groups attached to an aromatic ring is 1. The average molecular weight is 360 g/mol. The number of carbonyl (C=O) groups is 1. The number of hydrazone groups is 1. The molecule has 10 nitrogen and oxygen atoms in total. The van der Waals surface area contributed by atoms with Crippen LogP contribution in [0.15, 0.2) is 21.9 Å². The van der Waals surface area contributed by atoms with E-state index in [1.54, 1.807) is 17.6 Å². The standard InChI is InChI=1S/C14H16N8O2S/c1-3-4-10-11(17-21-22(10)13-12(15)19-24-20-13)14(23)18-16-7-9-6-5-8(2)25-9/h5-7H,3-4H2,1-2H3,(H2,15,19)(H,18,23)/b16-7+. The van der Waals surface area contributed by atoms with Crippen LogP contribution >= 0.6 is 11.3 Å². The zero-order valence-electron chi connectivity index (χ0n) is 13.6. The van der Waals surface area contributed by atoms with Gasteiger partial charge in [-0.05, 0) is 35.8 Å². The van der Waals surface area contributed by atoms with Gasteiger partial charge in [0, 0.05) is 9.75 Å². The summed E-state index contributed by atoms with van der Waals surface area (Å²) < 4.78 is 5.94. The van der Waals surface area contributed by atoms with Crippen molar-refractivity contribution in [2.24, 2.45) is 5.10 Å². The summed E-state index contributed by atoms with van der Waals surface area (Å²) in [6.45, 7) is 3.97. The van der Waals surface area contributed by atoms with Gasteiger partial charge in [-0.25, -0.2) is 10.1 Å². The molecule has 1 amide bonds. The van der Waals surface area contributed by atoms with Crippen LogP contribution in [0.2, 0.25) is 0 Å². The first-order chi connectivity index (χ1) is 12.1. The smallest absolute Gasteiger partial charge is 0.293 e. The van der Waals surface area contributed by atoms with Crippen LogP contribution in [0.3, 0.4) is 0 Å². The van der Waals surface area contributed by atoms with E-state index in [0.717, 1.165) is 11.3 Å². The van der Waals surface area contributed by atoms with Gasteiger partial charge in [-0.15, -0.1) is 16.4 Å².